The maximum Gasteiger partial charge on any atom is 0.253 e. The van der Waals surface area contributed by atoms with Crippen LogP contribution in [0.2, 0.25) is 5.02 Å². The summed E-state index contributed by atoms with van der Waals surface area (Å²) in [7, 11) is 0. The number of carbonyl (C=O) groups excluding carboxylic acids is 1. The van der Waals surface area contributed by atoms with Gasteiger partial charge in [-0.15, -0.1) is 0 Å². The Labute approximate surface area is 120 Å². The Morgan fingerprint density at radius 2 is 2.11 bits per heavy atom. The predicted molar refractivity (Wildman–Crippen MR) is 79.8 cm³/mol. The van der Waals surface area contributed by atoms with Crippen LogP contribution in [-0.4, -0.2) is 24.0 Å². The molecule has 0 saturated heterocycles. The van der Waals surface area contributed by atoms with Gasteiger partial charge < -0.3 is 10.6 Å². The van der Waals surface area contributed by atoms with Gasteiger partial charge in [0.15, 0.2) is 0 Å². The first-order valence-corrected chi connectivity index (χ1v) is 6.89. The largest absolute Gasteiger partial charge is 0.370 e. The summed E-state index contributed by atoms with van der Waals surface area (Å²) in [5.74, 6) is 0.508. The Morgan fingerprint density at radius 3 is 2.68 bits per heavy atom. The van der Waals surface area contributed by atoms with Crippen LogP contribution in [0.5, 0.6) is 0 Å². The first kappa shape index (κ1) is 15.8. The number of amides is 1. The second kappa shape index (κ2) is 6.75. The van der Waals surface area contributed by atoms with E-state index in [9.17, 15) is 4.79 Å². The molecule has 0 saturated carbocycles. The molecule has 19 heavy (non-hydrogen) atoms. The van der Waals surface area contributed by atoms with Gasteiger partial charge in [-0.25, -0.2) is 4.98 Å². The summed E-state index contributed by atoms with van der Waals surface area (Å²) in [5, 5.41) is 6.39. The molecular weight excluding hydrogens is 262 g/mol. The SMILES string of the molecule is CCCNc1cc(C(=O)NCC(C)(C)C)c(Cl)cn1. The summed E-state index contributed by atoms with van der Waals surface area (Å²) in [6, 6.07) is 1.69. The third-order valence-electron chi connectivity index (χ3n) is 2.44. The lowest BCUT2D eigenvalue weighted by molar-refractivity contribution is 0.0939. The molecule has 0 aliphatic heterocycles. The van der Waals surface area contributed by atoms with E-state index in [1.54, 1.807) is 6.07 Å². The van der Waals surface area contributed by atoms with Crippen molar-refractivity contribution >= 4 is 23.3 Å². The highest BCUT2D eigenvalue weighted by molar-refractivity contribution is 6.33. The zero-order chi connectivity index (χ0) is 14.5. The molecular formula is C14H22ClN3O. The van der Waals surface area contributed by atoms with Gasteiger partial charge in [-0.2, -0.15) is 0 Å². The van der Waals surface area contributed by atoms with Crippen molar-refractivity contribution in [2.75, 3.05) is 18.4 Å². The molecule has 5 heteroatoms. The van der Waals surface area contributed by atoms with Crippen LogP contribution in [0.3, 0.4) is 0 Å². The number of halogens is 1. The maximum atomic E-state index is 12.1. The first-order chi connectivity index (χ1) is 8.83. The van der Waals surface area contributed by atoms with Crippen molar-refractivity contribution in [1.29, 1.82) is 0 Å². The topological polar surface area (TPSA) is 54.0 Å². The van der Waals surface area contributed by atoms with Crippen LogP contribution >= 0.6 is 11.6 Å². The molecule has 0 aromatic carbocycles. The summed E-state index contributed by atoms with van der Waals surface area (Å²) in [6.07, 6.45) is 2.50. The summed E-state index contributed by atoms with van der Waals surface area (Å²) >= 11 is 6.02. The van der Waals surface area contributed by atoms with Crippen LogP contribution in [0.25, 0.3) is 0 Å². The molecule has 1 amide bonds. The van der Waals surface area contributed by atoms with Crippen LogP contribution in [-0.2, 0) is 0 Å². The van der Waals surface area contributed by atoms with Crippen molar-refractivity contribution in [3.05, 3.63) is 22.8 Å². The second-order valence-corrected chi connectivity index (χ2v) is 6.13. The van der Waals surface area contributed by atoms with Gasteiger partial charge in [0.25, 0.3) is 5.91 Å². The number of rotatable bonds is 5. The lowest BCUT2D eigenvalue weighted by Gasteiger charge is -2.19. The summed E-state index contributed by atoms with van der Waals surface area (Å²) in [5.41, 5.74) is 0.498. The predicted octanol–water partition coefficient (Wildman–Crippen LogP) is 3.33. The molecule has 0 spiro atoms. The van der Waals surface area contributed by atoms with Crippen molar-refractivity contribution in [2.45, 2.75) is 34.1 Å². The van der Waals surface area contributed by atoms with E-state index in [0.29, 0.717) is 22.9 Å². The Balaban J connectivity index is 2.77. The van der Waals surface area contributed by atoms with Crippen molar-refractivity contribution in [1.82, 2.24) is 10.3 Å². The van der Waals surface area contributed by atoms with Crippen molar-refractivity contribution < 1.29 is 4.79 Å². The number of pyridine rings is 1. The molecule has 0 aliphatic rings. The van der Waals surface area contributed by atoms with E-state index in [0.717, 1.165) is 13.0 Å². The number of hydrogen-bond donors (Lipinski definition) is 2. The normalized spacial score (nSPS) is 11.2. The molecule has 0 fully saturated rings. The average molecular weight is 284 g/mol. The third kappa shape index (κ3) is 5.47. The molecule has 0 unspecified atom stereocenters. The molecule has 1 heterocycles. The Hall–Kier alpha value is -1.29. The molecule has 2 N–H and O–H groups in total. The zero-order valence-corrected chi connectivity index (χ0v) is 12.8. The molecule has 0 atom stereocenters. The summed E-state index contributed by atoms with van der Waals surface area (Å²) in [4.78, 5) is 16.2. The average Bonchev–Trinajstić information content (AvgIpc) is 2.34. The van der Waals surface area contributed by atoms with Gasteiger partial charge in [0.05, 0.1) is 10.6 Å². The lowest BCUT2D eigenvalue weighted by Crippen LogP contribution is -2.32. The molecule has 1 aromatic rings. The van der Waals surface area contributed by atoms with E-state index in [4.69, 9.17) is 11.6 Å². The second-order valence-electron chi connectivity index (χ2n) is 5.72. The van der Waals surface area contributed by atoms with Crippen LogP contribution in [0, 0.1) is 5.41 Å². The fourth-order valence-corrected chi connectivity index (χ4v) is 1.59. The quantitative estimate of drug-likeness (QED) is 0.871. The molecule has 4 nitrogen and oxygen atoms in total. The third-order valence-corrected chi connectivity index (χ3v) is 2.74. The Bertz CT molecular complexity index is 441. The van der Waals surface area contributed by atoms with Gasteiger partial charge in [0.2, 0.25) is 0 Å². The minimum atomic E-state index is -0.165. The number of nitrogens with one attached hydrogen (secondary N) is 2. The van der Waals surface area contributed by atoms with E-state index in [1.165, 1.54) is 6.20 Å². The monoisotopic (exact) mass is 283 g/mol. The minimum absolute atomic E-state index is 0.0401. The van der Waals surface area contributed by atoms with E-state index < -0.39 is 0 Å². The van der Waals surface area contributed by atoms with Crippen molar-refractivity contribution in [3.8, 4) is 0 Å². The lowest BCUT2D eigenvalue weighted by atomic mass is 9.97. The summed E-state index contributed by atoms with van der Waals surface area (Å²) in [6.45, 7) is 9.68. The minimum Gasteiger partial charge on any atom is -0.370 e. The first-order valence-electron chi connectivity index (χ1n) is 6.51. The van der Waals surface area contributed by atoms with Crippen LogP contribution in [0.15, 0.2) is 12.3 Å². The van der Waals surface area contributed by atoms with Gasteiger partial charge in [-0.3, -0.25) is 4.79 Å². The molecule has 0 radical (unpaired) electrons. The van der Waals surface area contributed by atoms with E-state index >= 15 is 0 Å². The maximum absolute atomic E-state index is 12.1. The van der Waals surface area contributed by atoms with Crippen LogP contribution in [0.1, 0.15) is 44.5 Å². The van der Waals surface area contributed by atoms with E-state index in [1.807, 2.05) is 0 Å². The number of hydrogen-bond acceptors (Lipinski definition) is 3. The van der Waals surface area contributed by atoms with Crippen molar-refractivity contribution in [3.63, 3.8) is 0 Å². The Kier molecular flexibility index (Phi) is 5.60. The highest BCUT2D eigenvalue weighted by Crippen LogP contribution is 2.19. The smallest absolute Gasteiger partial charge is 0.253 e. The fourth-order valence-electron chi connectivity index (χ4n) is 1.40. The van der Waals surface area contributed by atoms with Gasteiger partial charge >= 0.3 is 0 Å². The summed E-state index contributed by atoms with van der Waals surface area (Å²) < 4.78 is 0. The molecule has 0 aliphatic carbocycles. The number of nitrogens with zero attached hydrogens (tertiary/aromatic N) is 1. The van der Waals surface area contributed by atoms with E-state index in [2.05, 4.69) is 43.3 Å². The number of aromatic nitrogens is 1. The van der Waals surface area contributed by atoms with Crippen molar-refractivity contribution in [2.24, 2.45) is 5.41 Å². The number of anilines is 1. The molecule has 0 bridgehead atoms. The van der Waals surface area contributed by atoms with Gasteiger partial charge in [-0.05, 0) is 17.9 Å². The van der Waals surface area contributed by atoms with Crippen LogP contribution in [0.4, 0.5) is 5.82 Å². The van der Waals surface area contributed by atoms with Gasteiger partial charge in [0.1, 0.15) is 5.82 Å². The molecule has 1 rings (SSSR count). The highest BCUT2D eigenvalue weighted by Gasteiger charge is 2.16. The molecule has 106 valence electrons. The van der Waals surface area contributed by atoms with Crippen LogP contribution < -0.4 is 10.6 Å². The fraction of sp³-hybridized carbons (Fsp3) is 0.571. The number of carbonyl (C=O) groups is 1. The molecule has 1 aromatic heterocycles. The van der Waals surface area contributed by atoms with Gasteiger partial charge in [-0.1, -0.05) is 39.3 Å². The zero-order valence-electron chi connectivity index (χ0n) is 12.0. The van der Waals surface area contributed by atoms with Gasteiger partial charge in [0, 0.05) is 19.3 Å². The standard InChI is InChI=1S/C14H22ClN3O/c1-5-6-16-12-7-10(11(15)8-17-12)13(19)18-9-14(2,3)4/h7-8H,5-6,9H2,1-4H3,(H,16,17)(H,18,19). The van der Waals surface area contributed by atoms with E-state index in [-0.39, 0.29) is 11.3 Å². The Morgan fingerprint density at radius 1 is 1.42 bits per heavy atom. The highest BCUT2D eigenvalue weighted by atomic mass is 35.5.